The molecule has 1 fully saturated rings. The highest BCUT2D eigenvalue weighted by molar-refractivity contribution is 5.76. The Bertz CT molecular complexity index is 496. The molecule has 0 saturated carbocycles. The maximum absolute atomic E-state index is 13.1. The Morgan fingerprint density at radius 2 is 1.95 bits per heavy atom. The van der Waals surface area contributed by atoms with Crippen molar-refractivity contribution in [2.45, 2.75) is 37.8 Å². The number of carbonyl (C=O) groups is 1. The molecule has 0 N–H and O–H groups in total. The molecule has 0 spiro atoms. The lowest BCUT2D eigenvalue weighted by molar-refractivity contribution is -0.149. The van der Waals surface area contributed by atoms with Crippen molar-refractivity contribution in [3.8, 4) is 0 Å². The van der Waals surface area contributed by atoms with Gasteiger partial charge >= 0.3 is 6.18 Å². The van der Waals surface area contributed by atoms with E-state index in [-0.39, 0.29) is 5.92 Å². The molecule has 0 atom stereocenters. The normalized spacial score (nSPS) is 17.0. The van der Waals surface area contributed by atoms with Crippen LogP contribution in [0.1, 0.15) is 37.2 Å². The lowest BCUT2D eigenvalue weighted by Crippen LogP contribution is -2.38. The first kappa shape index (κ1) is 15.7. The number of nitrogens with zero attached hydrogens (tertiary/aromatic N) is 2. The summed E-state index contributed by atoms with van der Waals surface area (Å²) in [5.41, 5.74) is 0.775. The van der Waals surface area contributed by atoms with E-state index in [1.807, 2.05) is 0 Å². The van der Waals surface area contributed by atoms with E-state index in [0.29, 0.717) is 25.9 Å². The van der Waals surface area contributed by atoms with Gasteiger partial charge in [0.25, 0.3) is 0 Å². The van der Waals surface area contributed by atoms with Crippen LogP contribution in [0.25, 0.3) is 0 Å². The monoisotopic (exact) mass is 304 g/mol. The maximum atomic E-state index is 13.1. The van der Waals surface area contributed by atoms with Crippen molar-refractivity contribution in [1.29, 1.82) is 0 Å². The molecule has 116 valence electrons. The van der Waals surface area contributed by atoms with Gasteiger partial charge < -0.3 is 4.90 Å². The first-order valence-corrected chi connectivity index (χ1v) is 6.80. The second-order valence-electron chi connectivity index (χ2n) is 5.21. The van der Waals surface area contributed by atoms with E-state index < -0.39 is 30.7 Å². The number of hydrogen-bond donors (Lipinski definition) is 0. The highest BCUT2D eigenvalue weighted by Gasteiger charge is 2.30. The molecule has 2 heterocycles. The molecular formula is C14H16F4N2O. The summed E-state index contributed by atoms with van der Waals surface area (Å²) in [5, 5.41) is 0. The Morgan fingerprint density at radius 1 is 1.29 bits per heavy atom. The number of aromatic nitrogens is 1. The van der Waals surface area contributed by atoms with Crippen LogP contribution in [0.2, 0.25) is 0 Å². The van der Waals surface area contributed by atoms with E-state index in [1.54, 1.807) is 6.20 Å². The van der Waals surface area contributed by atoms with E-state index in [1.165, 1.54) is 11.0 Å². The zero-order chi connectivity index (χ0) is 15.5. The van der Waals surface area contributed by atoms with Gasteiger partial charge in [0, 0.05) is 25.7 Å². The molecule has 1 aliphatic heterocycles. The third-order valence-electron chi connectivity index (χ3n) is 3.67. The lowest BCUT2D eigenvalue weighted by Gasteiger charge is -2.32. The van der Waals surface area contributed by atoms with Crippen LogP contribution in [0.15, 0.2) is 18.5 Å². The highest BCUT2D eigenvalue weighted by atomic mass is 19.4. The average Bonchev–Trinajstić information content (AvgIpc) is 2.44. The third-order valence-corrected chi connectivity index (χ3v) is 3.67. The van der Waals surface area contributed by atoms with Gasteiger partial charge in [0.05, 0.1) is 12.6 Å². The molecule has 0 bridgehead atoms. The molecule has 0 unspecified atom stereocenters. The SMILES string of the molecule is O=C(CCC(F)(F)F)N1CCC(c2cncc(F)c2)CC1. The molecule has 1 aromatic heterocycles. The number of hydrogen-bond acceptors (Lipinski definition) is 2. The van der Waals surface area contributed by atoms with Gasteiger partial charge in [-0.15, -0.1) is 0 Å². The van der Waals surface area contributed by atoms with Crippen molar-refractivity contribution in [2.24, 2.45) is 0 Å². The minimum Gasteiger partial charge on any atom is -0.343 e. The molecular weight excluding hydrogens is 288 g/mol. The standard InChI is InChI=1S/C14H16F4N2O/c15-12-7-11(8-19-9-12)10-2-5-20(6-3-10)13(21)1-4-14(16,17)18/h7-10H,1-6H2. The Morgan fingerprint density at radius 3 is 2.52 bits per heavy atom. The molecule has 1 aliphatic rings. The first-order valence-electron chi connectivity index (χ1n) is 6.80. The Hall–Kier alpha value is -1.66. The van der Waals surface area contributed by atoms with Gasteiger partial charge in [-0.25, -0.2) is 4.39 Å². The molecule has 2 rings (SSSR count). The predicted molar refractivity (Wildman–Crippen MR) is 68.0 cm³/mol. The van der Waals surface area contributed by atoms with Gasteiger partial charge in [0.1, 0.15) is 5.82 Å². The van der Waals surface area contributed by atoms with Crippen LogP contribution in [0.4, 0.5) is 17.6 Å². The number of amides is 1. The van der Waals surface area contributed by atoms with E-state index in [0.717, 1.165) is 11.8 Å². The molecule has 0 aromatic carbocycles. The van der Waals surface area contributed by atoms with Crippen molar-refractivity contribution in [2.75, 3.05) is 13.1 Å². The van der Waals surface area contributed by atoms with Gasteiger partial charge in [0.2, 0.25) is 5.91 Å². The number of pyridine rings is 1. The zero-order valence-corrected chi connectivity index (χ0v) is 11.4. The number of piperidine rings is 1. The zero-order valence-electron chi connectivity index (χ0n) is 11.4. The van der Waals surface area contributed by atoms with Crippen LogP contribution in [0.3, 0.4) is 0 Å². The number of carbonyl (C=O) groups excluding carboxylic acids is 1. The lowest BCUT2D eigenvalue weighted by atomic mass is 9.90. The van der Waals surface area contributed by atoms with E-state index in [4.69, 9.17) is 0 Å². The predicted octanol–water partition coefficient (Wildman–Crippen LogP) is 3.27. The maximum Gasteiger partial charge on any atom is 0.389 e. The van der Waals surface area contributed by atoms with Crippen LogP contribution in [0.5, 0.6) is 0 Å². The summed E-state index contributed by atoms with van der Waals surface area (Å²) in [4.78, 5) is 16.9. The Balaban J connectivity index is 1.84. The van der Waals surface area contributed by atoms with E-state index in [9.17, 15) is 22.4 Å². The molecule has 1 aromatic rings. The summed E-state index contributed by atoms with van der Waals surface area (Å²) in [6.07, 6.45) is -1.95. The van der Waals surface area contributed by atoms with Crippen LogP contribution < -0.4 is 0 Å². The van der Waals surface area contributed by atoms with Crippen molar-refractivity contribution in [3.05, 3.63) is 29.8 Å². The second kappa shape index (κ2) is 6.41. The summed E-state index contributed by atoms with van der Waals surface area (Å²) < 4.78 is 49.4. The minimum absolute atomic E-state index is 0.0971. The van der Waals surface area contributed by atoms with Crippen molar-refractivity contribution >= 4 is 5.91 Å². The van der Waals surface area contributed by atoms with Crippen LogP contribution in [0, 0.1) is 5.82 Å². The number of alkyl halides is 3. The fourth-order valence-corrected chi connectivity index (χ4v) is 2.52. The second-order valence-corrected chi connectivity index (χ2v) is 5.21. The van der Waals surface area contributed by atoms with Crippen LogP contribution in [-0.2, 0) is 4.79 Å². The van der Waals surface area contributed by atoms with Gasteiger partial charge in [-0.1, -0.05) is 0 Å². The molecule has 0 aliphatic carbocycles. The van der Waals surface area contributed by atoms with Crippen LogP contribution >= 0.6 is 0 Å². The largest absolute Gasteiger partial charge is 0.389 e. The summed E-state index contributed by atoms with van der Waals surface area (Å²) in [5.74, 6) is -0.779. The smallest absolute Gasteiger partial charge is 0.343 e. The average molecular weight is 304 g/mol. The van der Waals surface area contributed by atoms with Gasteiger partial charge in [-0.3, -0.25) is 9.78 Å². The fraction of sp³-hybridized carbons (Fsp3) is 0.571. The van der Waals surface area contributed by atoms with Gasteiger partial charge in [-0.2, -0.15) is 13.2 Å². The first-order chi connectivity index (χ1) is 9.85. The summed E-state index contributed by atoms with van der Waals surface area (Å²) in [7, 11) is 0. The van der Waals surface area contributed by atoms with Crippen molar-refractivity contribution in [1.82, 2.24) is 9.88 Å². The van der Waals surface area contributed by atoms with Gasteiger partial charge in [-0.05, 0) is 30.4 Å². The van der Waals surface area contributed by atoms with Crippen molar-refractivity contribution in [3.63, 3.8) is 0 Å². The molecule has 21 heavy (non-hydrogen) atoms. The minimum atomic E-state index is -4.30. The highest BCUT2D eigenvalue weighted by Crippen LogP contribution is 2.29. The Kier molecular flexibility index (Phi) is 4.80. The molecule has 1 saturated heterocycles. The topological polar surface area (TPSA) is 33.2 Å². The summed E-state index contributed by atoms with van der Waals surface area (Å²) in [6.45, 7) is 0.801. The summed E-state index contributed by atoms with van der Waals surface area (Å²) >= 11 is 0. The quantitative estimate of drug-likeness (QED) is 0.803. The number of halogens is 4. The number of rotatable bonds is 3. The van der Waals surface area contributed by atoms with Crippen LogP contribution in [-0.4, -0.2) is 35.1 Å². The van der Waals surface area contributed by atoms with E-state index >= 15 is 0 Å². The molecule has 7 heteroatoms. The molecule has 0 radical (unpaired) electrons. The molecule has 1 amide bonds. The number of likely N-dealkylation sites (tertiary alicyclic amines) is 1. The summed E-state index contributed by atoms with van der Waals surface area (Å²) in [6, 6.07) is 1.42. The van der Waals surface area contributed by atoms with Crippen molar-refractivity contribution < 1.29 is 22.4 Å². The van der Waals surface area contributed by atoms with E-state index in [2.05, 4.69) is 4.98 Å². The third kappa shape index (κ3) is 4.68. The molecule has 3 nitrogen and oxygen atoms in total. The fourth-order valence-electron chi connectivity index (χ4n) is 2.52. The van der Waals surface area contributed by atoms with Gasteiger partial charge in [0.15, 0.2) is 0 Å². The Labute approximate surface area is 120 Å².